The van der Waals surface area contributed by atoms with E-state index >= 15 is 0 Å². The highest BCUT2D eigenvalue weighted by Gasteiger charge is 2.15. The van der Waals surface area contributed by atoms with Crippen LogP contribution in [-0.4, -0.2) is 39.1 Å². The number of rotatable bonds is 7. The number of aromatic amines is 1. The zero-order valence-corrected chi connectivity index (χ0v) is 19.4. The Morgan fingerprint density at radius 3 is 2.44 bits per heavy atom. The Balaban J connectivity index is 1.55. The lowest BCUT2D eigenvalue weighted by molar-refractivity contribution is 0.313. The second kappa shape index (κ2) is 9.08. The summed E-state index contributed by atoms with van der Waals surface area (Å²) in [6, 6.07) is 17.3. The van der Waals surface area contributed by atoms with Gasteiger partial charge in [-0.3, -0.25) is 9.89 Å². The molecule has 166 valence electrons. The average Bonchev–Trinajstić information content (AvgIpc) is 3.16. The molecule has 0 aliphatic carbocycles. The molecule has 32 heavy (non-hydrogen) atoms. The number of hydrogen-bond donors (Lipinski definition) is 1. The van der Waals surface area contributed by atoms with Gasteiger partial charge in [0.25, 0.3) is 5.56 Å². The summed E-state index contributed by atoms with van der Waals surface area (Å²) < 4.78 is 12.8. The Morgan fingerprint density at radius 2 is 1.75 bits per heavy atom. The molecule has 0 unspecified atom stereocenters. The molecule has 0 saturated carbocycles. The van der Waals surface area contributed by atoms with E-state index in [0.29, 0.717) is 40.5 Å². The molecular weight excluding hydrogens is 424 g/mol. The van der Waals surface area contributed by atoms with Crippen molar-refractivity contribution < 1.29 is 9.47 Å². The summed E-state index contributed by atoms with van der Waals surface area (Å²) in [4.78, 5) is 21.2. The van der Waals surface area contributed by atoms with Crippen LogP contribution in [0.4, 0.5) is 0 Å². The minimum absolute atomic E-state index is 0.0692. The number of hydrogen-bond acceptors (Lipinski definition) is 6. The van der Waals surface area contributed by atoms with Gasteiger partial charge in [-0.15, -0.1) is 0 Å². The highest BCUT2D eigenvalue weighted by molar-refractivity contribution is 7.99. The average molecular weight is 451 g/mol. The van der Waals surface area contributed by atoms with Gasteiger partial charge in [-0.1, -0.05) is 68.9 Å². The third-order valence-corrected chi connectivity index (χ3v) is 5.88. The first-order valence-corrected chi connectivity index (χ1v) is 11.3. The van der Waals surface area contributed by atoms with E-state index in [4.69, 9.17) is 14.5 Å². The normalized spacial score (nSPS) is 11.6. The van der Waals surface area contributed by atoms with Crippen molar-refractivity contribution in [3.63, 3.8) is 0 Å². The van der Waals surface area contributed by atoms with Gasteiger partial charge in [0.15, 0.2) is 28.1 Å². The van der Waals surface area contributed by atoms with Crippen LogP contribution in [0.3, 0.4) is 0 Å². The van der Waals surface area contributed by atoms with Crippen molar-refractivity contribution in [1.29, 1.82) is 0 Å². The SMILES string of the molecule is COc1ccccc1OCCSc1nc(-c2ccc(C(C)(C)C)cc2)nc2cc(=O)[nH]n12. The second-order valence-electron chi connectivity index (χ2n) is 8.32. The lowest BCUT2D eigenvalue weighted by atomic mass is 9.87. The molecule has 0 saturated heterocycles. The molecule has 0 aliphatic rings. The summed E-state index contributed by atoms with van der Waals surface area (Å²) in [5.41, 5.74) is 2.53. The van der Waals surface area contributed by atoms with E-state index in [-0.39, 0.29) is 11.0 Å². The number of fused-ring (bicyclic) bond motifs is 1. The van der Waals surface area contributed by atoms with Crippen LogP contribution in [0, 0.1) is 0 Å². The molecule has 8 heteroatoms. The van der Waals surface area contributed by atoms with E-state index in [0.717, 1.165) is 5.56 Å². The predicted octanol–water partition coefficient (Wildman–Crippen LogP) is 4.56. The van der Waals surface area contributed by atoms with Crippen molar-refractivity contribution >= 4 is 17.4 Å². The van der Waals surface area contributed by atoms with Crippen molar-refractivity contribution in [1.82, 2.24) is 19.6 Å². The Hall–Kier alpha value is -3.26. The fourth-order valence-electron chi connectivity index (χ4n) is 3.25. The first kappa shape index (κ1) is 22.0. The summed E-state index contributed by atoms with van der Waals surface area (Å²) >= 11 is 1.49. The Bertz CT molecular complexity index is 1270. The molecule has 2 aromatic carbocycles. The van der Waals surface area contributed by atoms with Crippen LogP contribution in [0.1, 0.15) is 26.3 Å². The van der Waals surface area contributed by atoms with Gasteiger partial charge in [0, 0.05) is 17.4 Å². The molecule has 0 atom stereocenters. The van der Waals surface area contributed by atoms with Crippen LogP contribution in [0.5, 0.6) is 11.5 Å². The fraction of sp³-hybridized carbons (Fsp3) is 0.292. The number of thioether (sulfide) groups is 1. The number of H-pyrrole nitrogens is 1. The molecule has 0 radical (unpaired) electrons. The standard InChI is InChI=1S/C24H26N4O3S/c1-24(2,3)17-11-9-16(10-12-17)22-25-20-15-21(29)27-28(20)23(26-22)32-14-13-31-19-8-6-5-7-18(19)30-4/h5-12,15H,13-14H2,1-4H3,(H,27,29). The van der Waals surface area contributed by atoms with Gasteiger partial charge >= 0.3 is 0 Å². The molecule has 4 rings (SSSR count). The largest absolute Gasteiger partial charge is 0.493 e. The summed E-state index contributed by atoms with van der Waals surface area (Å²) in [7, 11) is 1.62. The third kappa shape index (κ3) is 4.80. The van der Waals surface area contributed by atoms with Crippen molar-refractivity contribution in [2.45, 2.75) is 31.3 Å². The van der Waals surface area contributed by atoms with Crippen LogP contribution >= 0.6 is 11.8 Å². The van der Waals surface area contributed by atoms with E-state index in [1.807, 2.05) is 36.4 Å². The topological polar surface area (TPSA) is 81.5 Å². The first-order valence-electron chi connectivity index (χ1n) is 10.3. The van der Waals surface area contributed by atoms with Crippen LogP contribution in [-0.2, 0) is 5.41 Å². The maximum atomic E-state index is 11.9. The highest BCUT2D eigenvalue weighted by atomic mass is 32.2. The minimum atomic E-state index is -0.216. The lowest BCUT2D eigenvalue weighted by Gasteiger charge is -2.19. The number of aromatic nitrogens is 4. The van der Waals surface area contributed by atoms with Crippen molar-refractivity contribution in [2.24, 2.45) is 0 Å². The summed E-state index contributed by atoms with van der Waals surface area (Å²) in [5, 5.41) is 3.41. The molecule has 0 fully saturated rings. The van der Waals surface area contributed by atoms with E-state index in [1.165, 1.54) is 23.4 Å². The van der Waals surface area contributed by atoms with Gasteiger partial charge in [0.05, 0.1) is 13.7 Å². The zero-order chi connectivity index (χ0) is 22.7. The van der Waals surface area contributed by atoms with Crippen molar-refractivity contribution in [3.8, 4) is 22.9 Å². The van der Waals surface area contributed by atoms with E-state index in [2.05, 4.69) is 43.0 Å². The molecule has 0 bridgehead atoms. The van der Waals surface area contributed by atoms with E-state index in [1.54, 1.807) is 11.6 Å². The van der Waals surface area contributed by atoms with Crippen LogP contribution in [0.2, 0.25) is 0 Å². The summed E-state index contributed by atoms with van der Waals surface area (Å²) in [6.45, 7) is 6.99. The predicted molar refractivity (Wildman–Crippen MR) is 127 cm³/mol. The fourth-order valence-corrected chi connectivity index (χ4v) is 4.02. The minimum Gasteiger partial charge on any atom is -0.493 e. The van der Waals surface area contributed by atoms with Crippen LogP contribution in [0.15, 0.2) is 64.5 Å². The number of methoxy groups -OCH3 is 1. The van der Waals surface area contributed by atoms with Crippen LogP contribution in [0.25, 0.3) is 17.0 Å². The smallest absolute Gasteiger partial charge is 0.266 e. The van der Waals surface area contributed by atoms with Crippen molar-refractivity contribution in [2.75, 3.05) is 19.5 Å². The summed E-state index contributed by atoms with van der Waals surface area (Å²) in [5.74, 6) is 2.60. The maximum Gasteiger partial charge on any atom is 0.266 e. The van der Waals surface area contributed by atoms with Crippen LogP contribution < -0.4 is 15.0 Å². The molecule has 0 amide bonds. The number of para-hydroxylation sites is 2. The van der Waals surface area contributed by atoms with Gasteiger partial charge in [0.1, 0.15) is 0 Å². The van der Waals surface area contributed by atoms with Gasteiger partial charge in [-0.25, -0.2) is 14.5 Å². The molecule has 0 spiro atoms. The molecule has 7 nitrogen and oxygen atoms in total. The van der Waals surface area contributed by atoms with Gasteiger partial charge in [-0.05, 0) is 23.1 Å². The monoisotopic (exact) mass is 450 g/mol. The van der Waals surface area contributed by atoms with Gasteiger partial charge < -0.3 is 9.47 Å². The highest BCUT2D eigenvalue weighted by Crippen LogP contribution is 2.28. The number of nitrogens with zero attached hydrogens (tertiary/aromatic N) is 3. The number of benzene rings is 2. The van der Waals surface area contributed by atoms with Gasteiger partial charge in [0.2, 0.25) is 0 Å². The number of ether oxygens (including phenoxy) is 2. The van der Waals surface area contributed by atoms with Gasteiger partial charge in [-0.2, -0.15) is 0 Å². The first-order chi connectivity index (χ1) is 15.3. The van der Waals surface area contributed by atoms with Crippen molar-refractivity contribution in [3.05, 3.63) is 70.5 Å². The summed E-state index contributed by atoms with van der Waals surface area (Å²) in [6.07, 6.45) is 0. The lowest BCUT2D eigenvalue weighted by Crippen LogP contribution is -2.10. The quantitative estimate of drug-likeness (QED) is 0.328. The Kier molecular flexibility index (Phi) is 6.23. The maximum absolute atomic E-state index is 11.9. The molecule has 2 heterocycles. The molecule has 0 aliphatic heterocycles. The Morgan fingerprint density at radius 1 is 1.03 bits per heavy atom. The zero-order valence-electron chi connectivity index (χ0n) is 18.6. The third-order valence-electron chi connectivity index (χ3n) is 4.97. The second-order valence-corrected chi connectivity index (χ2v) is 9.38. The molecular formula is C24H26N4O3S. The molecule has 2 aromatic heterocycles. The van der Waals surface area contributed by atoms with E-state index in [9.17, 15) is 4.79 Å². The van der Waals surface area contributed by atoms with E-state index < -0.39 is 0 Å². The number of nitrogens with one attached hydrogen (secondary N) is 1. The molecule has 4 aromatic rings. The molecule has 1 N–H and O–H groups in total. The Labute approximate surface area is 190 Å².